The van der Waals surface area contributed by atoms with Gasteiger partial charge in [-0.1, -0.05) is 39.8 Å². The summed E-state index contributed by atoms with van der Waals surface area (Å²) in [7, 11) is 1.27. The highest BCUT2D eigenvalue weighted by Gasteiger charge is 2.40. The molecule has 65 heavy (non-hydrogen) atoms. The van der Waals surface area contributed by atoms with Crippen LogP contribution >= 0.6 is 0 Å². The van der Waals surface area contributed by atoms with E-state index in [9.17, 15) is 33.1 Å². The topological polar surface area (TPSA) is 198 Å². The lowest BCUT2D eigenvalue weighted by molar-refractivity contribution is -0.136. The van der Waals surface area contributed by atoms with Gasteiger partial charge in [0.15, 0.2) is 0 Å². The summed E-state index contributed by atoms with van der Waals surface area (Å²) in [5, 5.41) is 14.5. The Bertz CT molecular complexity index is 2530. The molecule has 0 aliphatic carbocycles. The van der Waals surface area contributed by atoms with Gasteiger partial charge in [-0.3, -0.25) is 9.59 Å². The van der Waals surface area contributed by atoms with Gasteiger partial charge in [0, 0.05) is 18.8 Å². The van der Waals surface area contributed by atoms with Gasteiger partial charge in [-0.2, -0.15) is 0 Å². The summed E-state index contributed by atoms with van der Waals surface area (Å²) in [6.45, 7) is 7.74. The maximum atomic E-state index is 13.8. The van der Waals surface area contributed by atoms with E-state index in [1.165, 1.54) is 7.11 Å². The number of fused-ring (bicyclic) bond motifs is 2. The molecule has 16 nitrogen and oxygen atoms in total. The number of rotatable bonds is 14. The van der Waals surface area contributed by atoms with Crippen LogP contribution in [0.4, 0.5) is 24.1 Å². The number of methoxy groups -OCH3 is 1. The maximum absolute atomic E-state index is 13.8. The number of aromatic amines is 2. The van der Waals surface area contributed by atoms with Gasteiger partial charge in [0.05, 0.1) is 53.3 Å². The molecule has 5 N–H and O–H groups in total. The number of imidazole rings is 2. The average Bonchev–Trinajstić information content (AvgIpc) is 4.14. The number of halogens is 2. The number of carbonyl (C=O) groups excluding carboxylic acids is 3. The van der Waals surface area contributed by atoms with E-state index < -0.39 is 37.3 Å². The van der Waals surface area contributed by atoms with E-state index in [2.05, 4.69) is 49.8 Å². The Balaban J connectivity index is 1.08. The molecule has 346 valence electrons. The highest BCUT2D eigenvalue weighted by atomic mass is 19.3. The summed E-state index contributed by atoms with van der Waals surface area (Å²) in [4.78, 5) is 74.0. The molecule has 3 aliphatic heterocycles. The molecule has 4 amide bonds. The maximum Gasteiger partial charge on any atom is 0.407 e. The highest BCUT2D eigenvalue weighted by Crippen LogP contribution is 2.48. The summed E-state index contributed by atoms with van der Waals surface area (Å²) in [6, 6.07) is 17.1. The summed E-state index contributed by atoms with van der Waals surface area (Å²) < 4.78 is 36.2. The van der Waals surface area contributed by atoms with Crippen molar-refractivity contribution in [1.29, 1.82) is 0 Å². The van der Waals surface area contributed by atoms with Gasteiger partial charge < -0.3 is 49.9 Å². The van der Waals surface area contributed by atoms with Gasteiger partial charge in [-0.25, -0.2) is 28.3 Å². The minimum absolute atomic E-state index is 0.0934. The molecule has 0 unspecified atom stereocenters. The number of nitrogens with one attached hydrogen (secondary N) is 4. The standard InChI is InChI=1S/C47H57F2N9O7/c1-25(2)40(54-46(61)62)44(59)56-20-6-8-37(56)42-50-31-16-10-27(22-33(31)52-42)35-18-19-36(58(35)29-12-14-30(15-13-29)65-24-39(48)49)28-11-17-32-34(23-28)53-43(51-32)38-9-7-21-57(38)45(60)41(26(3)4)55-47(63)64-5/h10-17,22-23,25-26,35-41,54H,6-9,18-21,24H2,1-5H3,(H,50,52)(H,51,53)(H,55,63)(H,61,62)/t35-,36-,37+,38+,40+,41+/m1/s1. The smallest absolute Gasteiger partial charge is 0.407 e. The van der Waals surface area contributed by atoms with Crippen molar-refractivity contribution in [2.75, 3.05) is 31.7 Å². The second-order valence-electron chi connectivity index (χ2n) is 17.9. The number of amides is 4. The normalized spacial score (nSPS) is 20.9. The van der Waals surface area contributed by atoms with Crippen molar-refractivity contribution in [3.8, 4) is 5.75 Å². The monoisotopic (exact) mass is 897 g/mol. The zero-order chi connectivity index (χ0) is 46.1. The minimum atomic E-state index is -2.60. The number of nitrogens with zero attached hydrogens (tertiary/aromatic N) is 5. The van der Waals surface area contributed by atoms with E-state index in [1.54, 1.807) is 21.9 Å². The molecule has 5 heterocycles. The molecule has 8 rings (SSSR count). The second kappa shape index (κ2) is 18.9. The third-order valence-corrected chi connectivity index (χ3v) is 13.0. The van der Waals surface area contributed by atoms with Crippen molar-refractivity contribution >= 4 is 51.8 Å². The fourth-order valence-corrected chi connectivity index (χ4v) is 9.86. The quantitative estimate of drug-likeness (QED) is 0.0725. The fourth-order valence-electron chi connectivity index (χ4n) is 9.86. The van der Waals surface area contributed by atoms with Crippen LogP contribution in [0.2, 0.25) is 0 Å². The molecule has 0 radical (unpaired) electrons. The number of alkyl halides is 2. The van der Waals surface area contributed by atoms with Crippen molar-refractivity contribution in [3.63, 3.8) is 0 Å². The van der Waals surface area contributed by atoms with E-state index in [0.29, 0.717) is 36.9 Å². The van der Waals surface area contributed by atoms with Gasteiger partial charge in [0.2, 0.25) is 11.8 Å². The molecule has 18 heteroatoms. The Hall–Kier alpha value is -6.46. The highest BCUT2D eigenvalue weighted by molar-refractivity contribution is 5.87. The number of benzene rings is 3. The first kappa shape index (κ1) is 45.1. The van der Waals surface area contributed by atoms with Gasteiger partial charge in [-0.15, -0.1) is 0 Å². The van der Waals surface area contributed by atoms with Crippen molar-refractivity contribution < 1.29 is 42.5 Å². The molecular weight excluding hydrogens is 841 g/mol. The number of anilines is 1. The molecule has 3 aromatic carbocycles. The third kappa shape index (κ3) is 9.38. The van der Waals surface area contributed by atoms with Crippen LogP contribution < -0.4 is 20.3 Å². The lowest BCUT2D eigenvalue weighted by atomic mass is 10.0. The number of H-pyrrole nitrogens is 2. The molecular formula is C47H57F2N9O7. The molecule has 3 saturated heterocycles. The minimum Gasteiger partial charge on any atom is -0.488 e. The summed E-state index contributed by atoms with van der Waals surface area (Å²) in [5.41, 5.74) is 6.11. The van der Waals surface area contributed by atoms with Crippen LogP contribution in [0.5, 0.6) is 5.75 Å². The number of likely N-dealkylation sites (tertiary alicyclic amines) is 2. The Morgan fingerprint density at radius 2 is 1.22 bits per heavy atom. The Morgan fingerprint density at radius 3 is 1.66 bits per heavy atom. The summed E-state index contributed by atoms with van der Waals surface area (Å²) >= 11 is 0. The van der Waals surface area contributed by atoms with E-state index >= 15 is 0 Å². The predicted octanol–water partition coefficient (Wildman–Crippen LogP) is 8.17. The Labute approximate surface area is 375 Å². The second-order valence-corrected chi connectivity index (χ2v) is 17.9. The van der Waals surface area contributed by atoms with Gasteiger partial charge >= 0.3 is 12.2 Å². The molecule has 0 saturated carbocycles. The van der Waals surface area contributed by atoms with Crippen LogP contribution in [-0.4, -0.2) is 104 Å². The molecule has 3 fully saturated rings. The number of carboxylic acid groups (broad SMARTS) is 1. The predicted molar refractivity (Wildman–Crippen MR) is 239 cm³/mol. The number of aromatic nitrogens is 4. The SMILES string of the molecule is COC(=O)N[C@H](C(=O)N1CCC[C@H]1c1nc2ccc([C@H]3CC[C@H](c4ccc5nc([C@@H]6CCCN6C(=O)[C@@H](NC(=O)O)C(C)C)[nH]c5c4)N3c3ccc(OCC(F)F)cc3)cc2[nH]1)C(C)C. The number of alkyl carbamates (subject to hydrolysis) is 1. The molecule has 3 aliphatic rings. The van der Waals surface area contributed by atoms with E-state index in [4.69, 9.17) is 19.4 Å². The molecule has 2 aromatic heterocycles. The van der Waals surface area contributed by atoms with Crippen molar-refractivity contribution in [1.82, 2.24) is 40.4 Å². The van der Waals surface area contributed by atoms with E-state index in [1.807, 2.05) is 52.0 Å². The fraction of sp³-hybridized carbons (Fsp3) is 0.489. The summed E-state index contributed by atoms with van der Waals surface area (Å²) in [6.07, 6.45) is 0.0583. The van der Waals surface area contributed by atoms with E-state index in [-0.39, 0.29) is 47.8 Å². The van der Waals surface area contributed by atoms with Crippen molar-refractivity contribution in [2.24, 2.45) is 11.8 Å². The number of hydrogen-bond acceptors (Lipinski definition) is 9. The van der Waals surface area contributed by atoms with Crippen LogP contribution in [0.3, 0.4) is 0 Å². The first-order valence-electron chi connectivity index (χ1n) is 22.4. The molecule has 0 bridgehead atoms. The molecule has 6 atom stereocenters. The van der Waals surface area contributed by atoms with Crippen molar-refractivity contribution in [2.45, 2.75) is 109 Å². The van der Waals surface area contributed by atoms with Crippen LogP contribution in [0.15, 0.2) is 60.7 Å². The first-order chi connectivity index (χ1) is 31.2. The van der Waals surface area contributed by atoms with Crippen LogP contribution in [0.25, 0.3) is 22.1 Å². The van der Waals surface area contributed by atoms with Gasteiger partial charge in [0.1, 0.15) is 36.1 Å². The number of hydrogen-bond donors (Lipinski definition) is 5. The zero-order valence-corrected chi connectivity index (χ0v) is 37.2. The lowest BCUT2D eigenvalue weighted by Crippen LogP contribution is -2.51. The zero-order valence-electron chi connectivity index (χ0n) is 37.2. The number of carbonyl (C=O) groups is 4. The van der Waals surface area contributed by atoms with Gasteiger partial charge in [0.25, 0.3) is 6.43 Å². The van der Waals surface area contributed by atoms with Crippen LogP contribution in [-0.2, 0) is 14.3 Å². The van der Waals surface area contributed by atoms with Gasteiger partial charge in [-0.05, 0) is 110 Å². The summed E-state index contributed by atoms with van der Waals surface area (Å²) in [5.74, 6) is 0.825. The largest absolute Gasteiger partial charge is 0.488 e. The van der Waals surface area contributed by atoms with Crippen LogP contribution in [0.1, 0.15) is 113 Å². The lowest BCUT2D eigenvalue weighted by Gasteiger charge is -2.33. The third-order valence-electron chi connectivity index (χ3n) is 13.0. The van der Waals surface area contributed by atoms with Crippen LogP contribution in [0, 0.1) is 11.8 Å². The molecule has 0 spiro atoms. The Morgan fingerprint density at radius 1 is 0.723 bits per heavy atom. The van der Waals surface area contributed by atoms with Crippen molar-refractivity contribution in [3.05, 3.63) is 83.4 Å². The average molecular weight is 898 g/mol. The number of ether oxygens (including phenoxy) is 2. The first-order valence-corrected chi connectivity index (χ1v) is 22.4. The van der Waals surface area contributed by atoms with E-state index in [0.717, 1.165) is 71.0 Å². The molecule has 5 aromatic rings. The Kier molecular flexibility index (Phi) is 13.1.